The van der Waals surface area contributed by atoms with E-state index in [0.717, 1.165) is 27.4 Å². The Kier molecular flexibility index (Phi) is 7.67. The van der Waals surface area contributed by atoms with E-state index in [1.54, 1.807) is 6.20 Å². The zero-order valence-electron chi connectivity index (χ0n) is 21.1. The smallest absolute Gasteiger partial charge is 0.227 e. The maximum absolute atomic E-state index is 12.4. The first-order valence-corrected chi connectivity index (χ1v) is 13.1. The van der Waals surface area contributed by atoms with Gasteiger partial charge in [0.05, 0.1) is 10.9 Å². The molecule has 3 unspecified atom stereocenters. The van der Waals surface area contributed by atoms with E-state index in [1.165, 1.54) is 11.3 Å². The predicted molar refractivity (Wildman–Crippen MR) is 141 cm³/mol. The summed E-state index contributed by atoms with van der Waals surface area (Å²) in [7, 11) is 0. The number of carbonyl (C=O) groups is 1. The van der Waals surface area contributed by atoms with Gasteiger partial charge >= 0.3 is 0 Å². The Labute approximate surface area is 215 Å². The van der Waals surface area contributed by atoms with E-state index < -0.39 is 5.60 Å². The Morgan fingerprint density at radius 3 is 2.86 bits per heavy atom. The molecule has 9 heteroatoms. The summed E-state index contributed by atoms with van der Waals surface area (Å²) in [4.78, 5) is 26.9. The maximum atomic E-state index is 12.4. The minimum atomic E-state index is -1.07. The van der Waals surface area contributed by atoms with Gasteiger partial charge in [-0.15, -0.1) is 11.3 Å². The topological polar surface area (TPSA) is 124 Å². The van der Waals surface area contributed by atoms with Crippen molar-refractivity contribution < 1.29 is 9.90 Å². The first-order chi connectivity index (χ1) is 17.2. The number of aromatic nitrogens is 3. The second-order valence-electron chi connectivity index (χ2n) is 9.94. The average Bonchev–Trinajstić information content (AvgIpc) is 3.34. The van der Waals surface area contributed by atoms with Crippen LogP contribution in [-0.4, -0.2) is 32.5 Å². The lowest BCUT2D eigenvalue weighted by molar-refractivity contribution is -0.130. The number of nitrogens with one attached hydrogen (secondary N) is 2. The fourth-order valence-electron chi connectivity index (χ4n) is 4.80. The molecule has 188 valence electrons. The SMILES string of the molecule is Cc1cc(Nc2nccc(C(C)C)n2)cc(-c2cnc(C3(O)CCC(C(=O)NCC#N)C(C)C3)s2)c1. The van der Waals surface area contributed by atoms with Crippen LogP contribution < -0.4 is 10.6 Å². The molecule has 0 radical (unpaired) electrons. The summed E-state index contributed by atoms with van der Waals surface area (Å²) in [6, 6.07) is 10.0. The van der Waals surface area contributed by atoms with Crippen molar-refractivity contribution in [3.05, 3.63) is 52.9 Å². The summed E-state index contributed by atoms with van der Waals surface area (Å²) < 4.78 is 0. The number of rotatable bonds is 7. The van der Waals surface area contributed by atoms with Gasteiger partial charge in [0.2, 0.25) is 11.9 Å². The lowest BCUT2D eigenvalue weighted by atomic mass is 9.72. The summed E-state index contributed by atoms with van der Waals surface area (Å²) in [5, 5.41) is 26.8. The molecule has 1 aliphatic rings. The van der Waals surface area contributed by atoms with Crippen LogP contribution in [0.4, 0.5) is 11.6 Å². The maximum Gasteiger partial charge on any atom is 0.227 e. The highest BCUT2D eigenvalue weighted by molar-refractivity contribution is 7.15. The monoisotopic (exact) mass is 504 g/mol. The second-order valence-corrected chi connectivity index (χ2v) is 11.0. The van der Waals surface area contributed by atoms with Crippen molar-refractivity contribution in [1.82, 2.24) is 20.3 Å². The highest BCUT2D eigenvalue weighted by Gasteiger charge is 2.43. The Bertz CT molecular complexity index is 1280. The Hall–Kier alpha value is -3.35. The minimum absolute atomic E-state index is 0.00475. The van der Waals surface area contributed by atoms with Crippen molar-refractivity contribution in [2.75, 3.05) is 11.9 Å². The molecule has 3 atom stereocenters. The van der Waals surface area contributed by atoms with Crippen LogP contribution in [0, 0.1) is 30.1 Å². The van der Waals surface area contributed by atoms with Crippen LogP contribution >= 0.6 is 11.3 Å². The first kappa shape index (κ1) is 25.7. The van der Waals surface area contributed by atoms with Gasteiger partial charge in [0, 0.05) is 29.7 Å². The number of hydrogen-bond acceptors (Lipinski definition) is 8. The quantitative estimate of drug-likeness (QED) is 0.385. The molecule has 1 aromatic carbocycles. The van der Waals surface area contributed by atoms with Crippen LogP contribution in [0.3, 0.4) is 0 Å². The molecule has 0 spiro atoms. The van der Waals surface area contributed by atoms with Gasteiger partial charge in [-0.3, -0.25) is 4.79 Å². The van der Waals surface area contributed by atoms with Crippen molar-refractivity contribution in [1.29, 1.82) is 5.26 Å². The molecular formula is C27H32N6O2S. The number of nitriles is 1. The molecule has 1 aliphatic carbocycles. The van der Waals surface area contributed by atoms with Crippen molar-refractivity contribution in [2.45, 2.75) is 58.5 Å². The predicted octanol–water partition coefficient (Wildman–Crippen LogP) is 5.04. The van der Waals surface area contributed by atoms with Crippen LogP contribution in [0.1, 0.15) is 62.2 Å². The molecule has 36 heavy (non-hydrogen) atoms. The largest absolute Gasteiger partial charge is 0.383 e. The van der Waals surface area contributed by atoms with Crippen LogP contribution in [0.2, 0.25) is 0 Å². The third kappa shape index (κ3) is 5.72. The second kappa shape index (κ2) is 10.7. The Morgan fingerprint density at radius 1 is 1.33 bits per heavy atom. The lowest BCUT2D eigenvalue weighted by Gasteiger charge is -2.38. The number of benzene rings is 1. The molecule has 0 saturated heterocycles. The third-order valence-electron chi connectivity index (χ3n) is 6.68. The average molecular weight is 505 g/mol. The fourth-order valence-corrected chi connectivity index (χ4v) is 5.83. The van der Waals surface area contributed by atoms with E-state index in [2.05, 4.69) is 45.5 Å². The van der Waals surface area contributed by atoms with Crippen LogP contribution in [0.5, 0.6) is 0 Å². The molecule has 8 nitrogen and oxygen atoms in total. The van der Waals surface area contributed by atoms with Gasteiger partial charge in [0.1, 0.15) is 17.2 Å². The molecule has 3 aromatic rings. The van der Waals surface area contributed by atoms with Gasteiger partial charge in [0.25, 0.3) is 0 Å². The van der Waals surface area contributed by atoms with Crippen molar-refractivity contribution in [2.24, 2.45) is 11.8 Å². The van der Waals surface area contributed by atoms with E-state index in [4.69, 9.17) is 5.26 Å². The number of aryl methyl sites for hydroxylation is 1. The molecule has 3 N–H and O–H groups in total. The zero-order chi connectivity index (χ0) is 25.9. The fraction of sp³-hybridized carbons (Fsp3) is 0.444. The van der Waals surface area contributed by atoms with E-state index in [9.17, 15) is 9.90 Å². The summed E-state index contributed by atoms with van der Waals surface area (Å²) in [6.45, 7) is 8.22. The molecule has 2 heterocycles. The third-order valence-corrected chi connectivity index (χ3v) is 7.92. The van der Waals surface area contributed by atoms with Gasteiger partial charge in [-0.2, -0.15) is 5.26 Å². The van der Waals surface area contributed by atoms with Crippen LogP contribution in [-0.2, 0) is 10.4 Å². The van der Waals surface area contributed by atoms with Gasteiger partial charge in [-0.05, 0) is 67.3 Å². The summed E-state index contributed by atoms with van der Waals surface area (Å²) in [5.41, 5.74) is 2.89. The standard InChI is InChI=1S/C27H32N6O2S/c1-16(2)22-6-9-30-26(33-22)32-20-12-17(3)11-19(13-20)23-15-31-25(36-23)27(35)7-5-21(18(4)14-27)24(34)29-10-8-28/h6,9,11-13,15-16,18,21,35H,5,7,10,14H2,1-4H3,(H,29,34)(H,30,32,33). The molecule has 4 rings (SSSR count). The summed E-state index contributed by atoms with van der Waals surface area (Å²) in [6.07, 6.45) is 5.04. The number of anilines is 2. The van der Waals surface area contributed by atoms with E-state index in [1.807, 2.05) is 44.3 Å². The van der Waals surface area contributed by atoms with Crippen molar-refractivity contribution in [3.63, 3.8) is 0 Å². The number of thiazole rings is 1. The van der Waals surface area contributed by atoms with E-state index >= 15 is 0 Å². The summed E-state index contributed by atoms with van der Waals surface area (Å²) in [5.74, 6) is 0.522. The molecule has 0 bridgehead atoms. The number of nitrogens with zero attached hydrogens (tertiary/aromatic N) is 4. The molecule has 2 aromatic heterocycles. The first-order valence-electron chi connectivity index (χ1n) is 12.2. The molecule has 1 fully saturated rings. The van der Waals surface area contributed by atoms with Crippen LogP contribution in [0.15, 0.2) is 36.7 Å². The van der Waals surface area contributed by atoms with E-state index in [-0.39, 0.29) is 24.3 Å². The minimum Gasteiger partial charge on any atom is -0.383 e. The molecule has 0 aliphatic heterocycles. The van der Waals surface area contributed by atoms with Crippen molar-refractivity contribution >= 4 is 28.9 Å². The van der Waals surface area contributed by atoms with E-state index in [0.29, 0.717) is 36.1 Å². The normalized spacial score (nSPS) is 21.7. The number of carbonyl (C=O) groups excluding carboxylic acids is 1. The van der Waals surface area contributed by atoms with Crippen molar-refractivity contribution in [3.8, 4) is 16.5 Å². The number of aliphatic hydroxyl groups is 1. The lowest BCUT2D eigenvalue weighted by Crippen LogP contribution is -2.42. The van der Waals surface area contributed by atoms with Gasteiger partial charge in [0.15, 0.2) is 0 Å². The van der Waals surface area contributed by atoms with Gasteiger partial charge in [-0.1, -0.05) is 26.8 Å². The summed E-state index contributed by atoms with van der Waals surface area (Å²) >= 11 is 1.48. The number of amides is 1. The van der Waals surface area contributed by atoms with Crippen LogP contribution in [0.25, 0.3) is 10.4 Å². The Morgan fingerprint density at radius 2 is 2.14 bits per heavy atom. The van der Waals surface area contributed by atoms with Gasteiger partial charge in [-0.25, -0.2) is 15.0 Å². The molecule has 1 amide bonds. The Balaban J connectivity index is 1.51. The molecule has 1 saturated carbocycles. The zero-order valence-corrected chi connectivity index (χ0v) is 21.9. The molecular weight excluding hydrogens is 472 g/mol. The highest BCUT2D eigenvalue weighted by atomic mass is 32.1. The van der Waals surface area contributed by atoms with Gasteiger partial charge < -0.3 is 15.7 Å². The highest BCUT2D eigenvalue weighted by Crippen LogP contribution is 2.45. The number of hydrogen-bond donors (Lipinski definition) is 3.